The largest absolute Gasteiger partial charge is 0.486 e. The molecule has 2 aromatic rings. The summed E-state index contributed by atoms with van der Waals surface area (Å²) >= 11 is 0. The van der Waals surface area contributed by atoms with Crippen molar-refractivity contribution in [3.63, 3.8) is 0 Å². The fourth-order valence-corrected chi connectivity index (χ4v) is 3.33. The molecule has 28 heavy (non-hydrogen) atoms. The van der Waals surface area contributed by atoms with Gasteiger partial charge in [0.25, 0.3) is 5.91 Å². The molecule has 0 unspecified atom stereocenters. The maximum atomic E-state index is 12.3. The van der Waals surface area contributed by atoms with E-state index in [0.717, 1.165) is 30.7 Å². The number of allylic oxidation sites excluding steroid dienone is 1. The van der Waals surface area contributed by atoms with Crippen LogP contribution in [0.25, 0.3) is 0 Å². The Bertz CT molecular complexity index is 864. The van der Waals surface area contributed by atoms with Crippen LogP contribution in [0.4, 0.5) is 11.6 Å². The van der Waals surface area contributed by atoms with Crippen LogP contribution in [0, 0.1) is 0 Å². The maximum absolute atomic E-state index is 12.3. The van der Waals surface area contributed by atoms with Crippen LogP contribution in [-0.4, -0.2) is 35.6 Å². The van der Waals surface area contributed by atoms with Gasteiger partial charge in [0.1, 0.15) is 13.2 Å². The summed E-state index contributed by atoms with van der Waals surface area (Å²) in [6.45, 7) is 1.74. The van der Waals surface area contributed by atoms with Crippen molar-refractivity contribution < 1.29 is 14.3 Å². The van der Waals surface area contributed by atoms with Gasteiger partial charge < -0.3 is 20.1 Å². The lowest BCUT2D eigenvalue weighted by Gasteiger charge is -2.19. The number of ether oxygens (including phenoxy) is 2. The molecule has 1 aromatic heterocycles. The summed E-state index contributed by atoms with van der Waals surface area (Å²) in [6.07, 6.45) is 11.1. The zero-order valence-electron chi connectivity index (χ0n) is 15.7. The lowest BCUT2D eigenvalue weighted by Crippen LogP contribution is -2.25. The average Bonchev–Trinajstić information content (AvgIpc) is 2.75. The van der Waals surface area contributed by atoms with Gasteiger partial charge in [0.05, 0.1) is 5.56 Å². The average molecular weight is 380 g/mol. The van der Waals surface area contributed by atoms with Gasteiger partial charge in [-0.25, -0.2) is 9.97 Å². The van der Waals surface area contributed by atoms with Crippen LogP contribution < -0.4 is 20.1 Å². The van der Waals surface area contributed by atoms with E-state index < -0.39 is 0 Å². The Labute approximate surface area is 164 Å². The van der Waals surface area contributed by atoms with Crippen molar-refractivity contribution in [1.29, 1.82) is 0 Å². The van der Waals surface area contributed by atoms with Gasteiger partial charge in [-0.05, 0) is 44.2 Å². The molecule has 2 heterocycles. The monoisotopic (exact) mass is 380 g/mol. The van der Waals surface area contributed by atoms with E-state index in [-0.39, 0.29) is 5.91 Å². The number of hydrogen-bond acceptors (Lipinski definition) is 6. The van der Waals surface area contributed by atoms with E-state index in [1.807, 2.05) is 18.2 Å². The Kier molecular flexibility index (Phi) is 5.70. The number of anilines is 2. The number of aromatic nitrogens is 2. The van der Waals surface area contributed by atoms with E-state index in [9.17, 15) is 4.79 Å². The predicted octanol–water partition coefficient (Wildman–Crippen LogP) is 3.61. The van der Waals surface area contributed by atoms with Crippen molar-refractivity contribution in [3.8, 4) is 11.5 Å². The summed E-state index contributed by atoms with van der Waals surface area (Å²) in [5.74, 6) is 1.69. The number of carbonyl (C=O) groups is 1. The molecule has 1 aliphatic carbocycles. The Morgan fingerprint density at radius 1 is 1.07 bits per heavy atom. The molecule has 1 aromatic carbocycles. The zero-order chi connectivity index (χ0) is 19.2. The molecule has 0 spiro atoms. The highest BCUT2D eigenvalue weighted by atomic mass is 16.6. The second-order valence-electron chi connectivity index (χ2n) is 6.89. The van der Waals surface area contributed by atoms with Crippen LogP contribution >= 0.6 is 0 Å². The Balaban J connectivity index is 1.30. The molecular weight excluding hydrogens is 356 g/mol. The molecule has 0 saturated carbocycles. The summed E-state index contributed by atoms with van der Waals surface area (Å²) in [5, 5.41) is 6.05. The molecule has 7 nitrogen and oxygen atoms in total. The fourth-order valence-electron chi connectivity index (χ4n) is 3.33. The first-order valence-corrected chi connectivity index (χ1v) is 9.73. The number of nitrogens with zero attached hydrogens (tertiary/aromatic N) is 2. The first kappa shape index (κ1) is 18.3. The molecule has 1 aliphatic heterocycles. The van der Waals surface area contributed by atoms with E-state index in [1.165, 1.54) is 30.8 Å². The first-order chi connectivity index (χ1) is 13.8. The second-order valence-corrected chi connectivity index (χ2v) is 6.89. The zero-order valence-corrected chi connectivity index (χ0v) is 15.7. The highest BCUT2D eigenvalue weighted by Gasteiger charge is 2.13. The molecule has 2 N–H and O–H groups in total. The third-order valence-electron chi connectivity index (χ3n) is 4.83. The fraction of sp³-hybridized carbons (Fsp3) is 0.381. The summed E-state index contributed by atoms with van der Waals surface area (Å²) < 4.78 is 11.1. The summed E-state index contributed by atoms with van der Waals surface area (Å²) in [7, 11) is 0. The SMILES string of the molecule is O=C(NCCC1=CCCCC1)c1cnc(Nc2ccc3c(c2)OCCO3)nc1. The summed E-state index contributed by atoms with van der Waals surface area (Å²) in [6, 6.07) is 5.57. The first-order valence-electron chi connectivity index (χ1n) is 9.73. The van der Waals surface area contributed by atoms with Crippen molar-refractivity contribution >= 4 is 17.5 Å². The molecule has 0 saturated heterocycles. The van der Waals surface area contributed by atoms with Crippen LogP contribution in [0.15, 0.2) is 42.2 Å². The Hall–Kier alpha value is -3.09. The van der Waals surface area contributed by atoms with Gasteiger partial charge in [0, 0.05) is 30.7 Å². The highest BCUT2D eigenvalue weighted by molar-refractivity contribution is 5.93. The number of amides is 1. The van der Waals surface area contributed by atoms with E-state index in [0.29, 0.717) is 37.0 Å². The third-order valence-corrected chi connectivity index (χ3v) is 4.83. The minimum absolute atomic E-state index is 0.151. The number of hydrogen-bond donors (Lipinski definition) is 2. The van der Waals surface area contributed by atoms with Crippen LogP contribution in [0.5, 0.6) is 11.5 Å². The second kappa shape index (κ2) is 8.73. The highest BCUT2D eigenvalue weighted by Crippen LogP contribution is 2.33. The molecule has 4 rings (SSSR count). The molecule has 0 radical (unpaired) electrons. The van der Waals surface area contributed by atoms with E-state index in [4.69, 9.17) is 9.47 Å². The number of rotatable bonds is 6. The lowest BCUT2D eigenvalue weighted by atomic mass is 9.97. The van der Waals surface area contributed by atoms with E-state index in [1.54, 1.807) is 0 Å². The standard InChI is InChI=1S/C21H24N4O3/c26-20(22-9-8-15-4-2-1-3-5-15)16-13-23-21(24-14-16)25-17-6-7-18-19(12-17)28-11-10-27-18/h4,6-7,12-14H,1-3,5,8-11H2,(H,22,26)(H,23,24,25). The molecule has 0 bridgehead atoms. The van der Waals surface area contributed by atoms with Gasteiger partial charge in [0.15, 0.2) is 11.5 Å². The van der Waals surface area contributed by atoms with Gasteiger partial charge in [-0.3, -0.25) is 4.79 Å². The van der Waals surface area contributed by atoms with Crippen molar-refractivity contribution in [2.24, 2.45) is 0 Å². The van der Waals surface area contributed by atoms with Crippen LogP contribution in [0.2, 0.25) is 0 Å². The van der Waals surface area contributed by atoms with Gasteiger partial charge in [-0.15, -0.1) is 0 Å². The summed E-state index contributed by atoms with van der Waals surface area (Å²) in [4.78, 5) is 20.7. The normalized spacial score (nSPS) is 15.5. The van der Waals surface area contributed by atoms with E-state index in [2.05, 4.69) is 26.7 Å². The molecule has 7 heteroatoms. The number of carbonyl (C=O) groups excluding carboxylic acids is 1. The lowest BCUT2D eigenvalue weighted by molar-refractivity contribution is 0.0953. The topological polar surface area (TPSA) is 85.4 Å². The number of fused-ring (bicyclic) bond motifs is 1. The molecule has 0 fully saturated rings. The minimum atomic E-state index is -0.151. The smallest absolute Gasteiger partial charge is 0.254 e. The van der Waals surface area contributed by atoms with Crippen molar-refractivity contribution in [2.75, 3.05) is 25.1 Å². The molecule has 2 aliphatic rings. The van der Waals surface area contributed by atoms with Gasteiger partial charge in [-0.2, -0.15) is 0 Å². The molecule has 146 valence electrons. The van der Waals surface area contributed by atoms with Gasteiger partial charge in [0.2, 0.25) is 5.95 Å². The van der Waals surface area contributed by atoms with Gasteiger partial charge >= 0.3 is 0 Å². The Morgan fingerprint density at radius 3 is 2.68 bits per heavy atom. The van der Waals surface area contributed by atoms with Crippen molar-refractivity contribution in [3.05, 3.63) is 47.8 Å². The summed E-state index contributed by atoms with van der Waals surface area (Å²) in [5.41, 5.74) is 2.69. The van der Waals surface area contributed by atoms with E-state index >= 15 is 0 Å². The van der Waals surface area contributed by atoms with Crippen molar-refractivity contribution in [1.82, 2.24) is 15.3 Å². The molecule has 0 atom stereocenters. The van der Waals surface area contributed by atoms with Crippen LogP contribution in [-0.2, 0) is 0 Å². The van der Waals surface area contributed by atoms with Crippen LogP contribution in [0.1, 0.15) is 42.5 Å². The number of benzene rings is 1. The third kappa shape index (κ3) is 4.60. The number of nitrogens with one attached hydrogen (secondary N) is 2. The predicted molar refractivity (Wildman–Crippen MR) is 106 cm³/mol. The van der Waals surface area contributed by atoms with Gasteiger partial charge in [-0.1, -0.05) is 11.6 Å². The molecule has 1 amide bonds. The quantitative estimate of drug-likeness (QED) is 0.745. The maximum Gasteiger partial charge on any atom is 0.254 e. The Morgan fingerprint density at radius 2 is 1.89 bits per heavy atom. The van der Waals surface area contributed by atoms with Crippen LogP contribution in [0.3, 0.4) is 0 Å². The molecular formula is C21H24N4O3. The minimum Gasteiger partial charge on any atom is -0.486 e. The van der Waals surface area contributed by atoms with Crippen molar-refractivity contribution in [2.45, 2.75) is 32.1 Å².